The number of carbonyl (C=O) groups excluding carboxylic acids is 2. The first-order valence-electron chi connectivity index (χ1n) is 8.46. The molecule has 140 valence electrons. The highest BCUT2D eigenvalue weighted by Gasteiger charge is 2.23. The van der Waals surface area contributed by atoms with Gasteiger partial charge in [0.25, 0.3) is 5.91 Å². The summed E-state index contributed by atoms with van der Waals surface area (Å²) < 4.78 is 26.4. The number of carbonyl (C=O) groups is 2. The van der Waals surface area contributed by atoms with E-state index in [-0.39, 0.29) is 16.4 Å². The number of hydrogen-bond donors (Lipinski definition) is 2. The van der Waals surface area contributed by atoms with Crippen molar-refractivity contribution in [2.24, 2.45) is 0 Å². The molecule has 0 aliphatic carbocycles. The molecule has 1 atom stereocenters. The van der Waals surface area contributed by atoms with E-state index in [9.17, 15) is 18.0 Å². The van der Waals surface area contributed by atoms with Crippen LogP contribution in [0.25, 0.3) is 0 Å². The summed E-state index contributed by atoms with van der Waals surface area (Å²) in [6.07, 6.45) is 0.803. The van der Waals surface area contributed by atoms with Crippen molar-refractivity contribution in [1.29, 1.82) is 0 Å². The minimum atomic E-state index is -3.64. The third-order valence-electron chi connectivity index (χ3n) is 3.73. The predicted octanol–water partition coefficient (Wildman–Crippen LogP) is 1.36. The van der Waals surface area contributed by atoms with Gasteiger partial charge in [-0.25, -0.2) is 8.42 Å². The van der Waals surface area contributed by atoms with Crippen molar-refractivity contribution in [3.05, 3.63) is 29.8 Å². The zero-order valence-corrected chi connectivity index (χ0v) is 16.0. The summed E-state index contributed by atoms with van der Waals surface area (Å²) in [5, 5.41) is 5.28. The van der Waals surface area contributed by atoms with E-state index in [1.165, 1.54) is 28.6 Å². The van der Waals surface area contributed by atoms with Gasteiger partial charge in [-0.05, 0) is 31.5 Å². The van der Waals surface area contributed by atoms with E-state index >= 15 is 0 Å². The van der Waals surface area contributed by atoms with E-state index in [0.29, 0.717) is 19.6 Å². The van der Waals surface area contributed by atoms with Crippen molar-refractivity contribution >= 4 is 21.8 Å². The van der Waals surface area contributed by atoms with Gasteiger partial charge < -0.3 is 10.6 Å². The quantitative estimate of drug-likeness (QED) is 0.687. The Morgan fingerprint density at radius 1 is 1.16 bits per heavy atom. The molecule has 0 heterocycles. The maximum Gasteiger partial charge on any atom is 0.251 e. The number of hydrogen-bond acceptors (Lipinski definition) is 4. The summed E-state index contributed by atoms with van der Waals surface area (Å²) in [5.41, 5.74) is 0.198. The molecule has 0 radical (unpaired) electrons. The van der Waals surface area contributed by atoms with Gasteiger partial charge in [0.2, 0.25) is 15.9 Å². The van der Waals surface area contributed by atoms with Crippen LogP contribution >= 0.6 is 0 Å². The Bertz CT molecular complexity index is 700. The van der Waals surface area contributed by atoms with Crippen LogP contribution < -0.4 is 10.6 Å². The number of nitrogens with zero attached hydrogens (tertiary/aromatic N) is 1. The minimum absolute atomic E-state index is 0.0620. The van der Waals surface area contributed by atoms with Gasteiger partial charge in [-0.2, -0.15) is 4.31 Å². The van der Waals surface area contributed by atoms with Gasteiger partial charge >= 0.3 is 0 Å². The molecule has 0 bridgehead atoms. The second-order valence-corrected chi connectivity index (χ2v) is 7.54. The van der Waals surface area contributed by atoms with Crippen LogP contribution in [0.5, 0.6) is 0 Å². The Hall–Kier alpha value is -1.93. The SMILES string of the molecule is CCCNC(=O)[C@H](C)NC(=O)c1cccc(S(=O)(=O)N(CC)CC)c1. The molecule has 0 fully saturated rings. The van der Waals surface area contributed by atoms with Crippen LogP contribution in [0, 0.1) is 0 Å². The van der Waals surface area contributed by atoms with E-state index in [4.69, 9.17) is 0 Å². The maximum absolute atomic E-state index is 12.5. The number of amides is 2. The highest BCUT2D eigenvalue weighted by molar-refractivity contribution is 7.89. The largest absolute Gasteiger partial charge is 0.354 e. The van der Waals surface area contributed by atoms with Crippen LogP contribution in [-0.2, 0) is 14.8 Å². The van der Waals surface area contributed by atoms with E-state index in [1.54, 1.807) is 20.8 Å². The summed E-state index contributed by atoms with van der Waals surface area (Å²) in [6, 6.07) is 5.13. The van der Waals surface area contributed by atoms with Crippen LogP contribution in [-0.4, -0.2) is 50.2 Å². The second kappa shape index (κ2) is 9.53. The standard InChI is InChI=1S/C17H27N3O4S/c1-5-11-18-16(21)13(4)19-17(22)14-9-8-10-15(12-14)25(23,24)20(6-2)7-3/h8-10,12-13H,5-7,11H2,1-4H3,(H,18,21)(H,19,22)/t13-/m0/s1. The molecule has 0 unspecified atom stereocenters. The molecular formula is C17H27N3O4S. The number of sulfonamides is 1. The molecule has 25 heavy (non-hydrogen) atoms. The fraction of sp³-hybridized carbons (Fsp3) is 0.529. The first kappa shape index (κ1) is 21.1. The van der Waals surface area contributed by atoms with Gasteiger partial charge in [0.15, 0.2) is 0 Å². The number of benzene rings is 1. The van der Waals surface area contributed by atoms with Crippen molar-refractivity contribution in [3.8, 4) is 0 Å². The molecule has 1 rings (SSSR count). The second-order valence-electron chi connectivity index (χ2n) is 5.60. The van der Waals surface area contributed by atoms with E-state index in [2.05, 4.69) is 10.6 Å². The summed E-state index contributed by atoms with van der Waals surface area (Å²) >= 11 is 0. The summed E-state index contributed by atoms with van der Waals surface area (Å²) in [6.45, 7) is 8.28. The van der Waals surface area contributed by atoms with Crippen molar-refractivity contribution in [3.63, 3.8) is 0 Å². The van der Waals surface area contributed by atoms with Crippen LogP contribution in [0.4, 0.5) is 0 Å². The minimum Gasteiger partial charge on any atom is -0.354 e. The van der Waals surface area contributed by atoms with Gasteiger partial charge in [0.1, 0.15) is 6.04 Å². The number of nitrogens with one attached hydrogen (secondary N) is 2. The highest BCUT2D eigenvalue weighted by Crippen LogP contribution is 2.17. The third-order valence-corrected chi connectivity index (χ3v) is 5.78. The first-order chi connectivity index (χ1) is 11.8. The highest BCUT2D eigenvalue weighted by atomic mass is 32.2. The fourth-order valence-electron chi connectivity index (χ4n) is 2.26. The van der Waals surface area contributed by atoms with Crippen molar-refractivity contribution in [2.45, 2.75) is 45.1 Å². The van der Waals surface area contributed by atoms with Crippen LogP contribution in [0.3, 0.4) is 0 Å². The number of rotatable bonds is 9. The Balaban J connectivity index is 2.94. The van der Waals surface area contributed by atoms with Gasteiger partial charge in [-0.1, -0.05) is 26.8 Å². The molecule has 0 aromatic heterocycles. The lowest BCUT2D eigenvalue weighted by Gasteiger charge is -2.19. The Morgan fingerprint density at radius 2 is 1.80 bits per heavy atom. The monoisotopic (exact) mass is 369 g/mol. The smallest absolute Gasteiger partial charge is 0.251 e. The lowest BCUT2D eigenvalue weighted by molar-refractivity contribution is -0.122. The zero-order valence-electron chi connectivity index (χ0n) is 15.2. The van der Waals surface area contributed by atoms with Crippen molar-refractivity contribution in [1.82, 2.24) is 14.9 Å². The first-order valence-corrected chi connectivity index (χ1v) is 9.90. The molecule has 1 aromatic rings. The van der Waals surface area contributed by atoms with Crippen LogP contribution in [0.1, 0.15) is 44.5 Å². The average Bonchev–Trinajstić information content (AvgIpc) is 2.60. The molecule has 2 amide bonds. The molecule has 2 N–H and O–H groups in total. The predicted molar refractivity (Wildman–Crippen MR) is 96.8 cm³/mol. The molecule has 1 aromatic carbocycles. The average molecular weight is 369 g/mol. The topological polar surface area (TPSA) is 95.6 Å². The van der Waals surface area contributed by atoms with Gasteiger partial charge in [0, 0.05) is 25.2 Å². The Labute approximate surface area is 149 Å². The van der Waals surface area contributed by atoms with Crippen molar-refractivity contribution < 1.29 is 18.0 Å². The molecule has 0 saturated carbocycles. The summed E-state index contributed by atoms with van der Waals surface area (Å²) in [4.78, 5) is 24.2. The summed E-state index contributed by atoms with van der Waals surface area (Å²) in [5.74, 6) is -0.766. The van der Waals surface area contributed by atoms with Crippen LogP contribution in [0.2, 0.25) is 0 Å². The lowest BCUT2D eigenvalue weighted by atomic mass is 10.2. The van der Waals surface area contributed by atoms with Crippen molar-refractivity contribution in [2.75, 3.05) is 19.6 Å². The molecule has 0 aliphatic rings. The van der Waals surface area contributed by atoms with Gasteiger partial charge in [-0.3, -0.25) is 9.59 Å². The fourth-order valence-corrected chi connectivity index (χ4v) is 3.76. The van der Waals surface area contributed by atoms with E-state index < -0.39 is 22.0 Å². The van der Waals surface area contributed by atoms with E-state index in [0.717, 1.165) is 6.42 Å². The third kappa shape index (κ3) is 5.54. The molecule has 7 nitrogen and oxygen atoms in total. The molecule has 0 saturated heterocycles. The lowest BCUT2D eigenvalue weighted by Crippen LogP contribution is -2.45. The zero-order chi connectivity index (χ0) is 19.0. The Morgan fingerprint density at radius 3 is 2.36 bits per heavy atom. The molecule has 0 spiro atoms. The molecule has 0 aliphatic heterocycles. The van der Waals surface area contributed by atoms with E-state index in [1.807, 2.05) is 6.92 Å². The normalized spacial score (nSPS) is 12.7. The summed E-state index contributed by atoms with van der Waals surface area (Å²) in [7, 11) is -3.64. The van der Waals surface area contributed by atoms with Gasteiger partial charge in [0.05, 0.1) is 4.90 Å². The molecule has 8 heteroatoms. The molecular weight excluding hydrogens is 342 g/mol. The van der Waals surface area contributed by atoms with Crippen LogP contribution in [0.15, 0.2) is 29.2 Å². The maximum atomic E-state index is 12.5. The Kier molecular flexibility index (Phi) is 8.05. The van der Waals surface area contributed by atoms with Gasteiger partial charge in [-0.15, -0.1) is 0 Å².